The molecule has 2 N–H and O–H groups in total. The quantitative estimate of drug-likeness (QED) is 0.920. The van der Waals surface area contributed by atoms with Gasteiger partial charge in [-0.25, -0.2) is 9.97 Å². The highest BCUT2D eigenvalue weighted by atomic mass is 35.5. The number of thiazole rings is 2. The van der Waals surface area contributed by atoms with E-state index in [1.54, 1.807) is 22.7 Å². The third-order valence-electron chi connectivity index (χ3n) is 3.47. The Morgan fingerprint density at radius 1 is 1.19 bits per heavy atom. The molecule has 0 atom stereocenters. The molecule has 1 saturated heterocycles. The van der Waals surface area contributed by atoms with Gasteiger partial charge in [0.05, 0.1) is 10.7 Å². The third kappa shape index (κ3) is 4.62. The standard InChI is InChI=1S/C13H19N5S2.ClH/c1-10-16-11(9-19-10)7-17-2-4-18(5-3-17)8-12-6-15-13(14)20-12;/h6,9H,2-5,7-8H2,1H3,(H2,14,15);1H. The van der Waals surface area contributed by atoms with Crippen LogP contribution in [0.1, 0.15) is 15.6 Å². The van der Waals surface area contributed by atoms with Crippen molar-refractivity contribution in [2.24, 2.45) is 0 Å². The summed E-state index contributed by atoms with van der Waals surface area (Å²) in [7, 11) is 0. The Hall–Kier alpha value is -0.730. The summed E-state index contributed by atoms with van der Waals surface area (Å²) in [4.78, 5) is 14.8. The molecule has 0 saturated carbocycles. The van der Waals surface area contributed by atoms with Gasteiger partial charge in [0, 0.05) is 55.7 Å². The average Bonchev–Trinajstić information content (AvgIpc) is 3.01. The first-order chi connectivity index (χ1) is 9.69. The number of aryl methyl sites for hydroxylation is 1. The second-order valence-electron chi connectivity index (χ2n) is 5.07. The molecule has 0 bridgehead atoms. The summed E-state index contributed by atoms with van der Waals surface area (Å²) in [6.07, 6.45) is 1.89. The molecule has 8 heteroatoms. The van der Waals surface area contributed by atoms with Gasteiger partial charge in [0.2, 0.25) is 0 Å². The normalized spacial score (nSPS) is 16.8. The van der Waals surface area contributed by atoms with Gasteiger partial charge in [-0.2, -0.15) is 0 Å². The van der Waals surface area contributed by atoms with E-state index in [0.717, 1.165) is 44.3 Å². The Morgan fingerprint density at radius 2 is 1.86 bits per heavy atom. The molecule has 1 aliphatic rings. The Balaban J connectivity index is 0.00000161. The summed E-state index contributed by atoms with van der Waals surface area (Å²) < 4.78 is 0. The van der Waals surface area contributed by atoms with Crippen molar-refractivity contribution in [3.05, 3.63) is 27.2 Å². The first-order valence-corrected chi connectivity index (χ1v) is 8.44. The van der Waals surface area contributed by atoms with E-state index in [1.165, 1.54) is 10.6 Å². The maximum atomic E-state index is 5.67. The second kappa shape index (κ2) is 7.51. The monoisotopic (exact) mass is 345 g/mol. The second-order valence-corrected chi connectivity index (χ2v) is 7.28. The van der Waals surface area contributed by atoms with E-state index in [0.29, 0.717) is 5.13 Å². The lowest BCUT2D eigenvalue weighted by Gasteiger charge is -2.33. The summed E-state index contributed by atoms with van der Waals surface area (Å²) in [6, 6.07) is 0. The predicted octanol–water partition coefficient (Wildman–Crippen LogP) is 2.23. The van der Waals surface area contributed by atoms with Gasteiger partial charge in [0.25, 0.3) is 0 Å². The highest BCUT2D eigenvalue weighted by Crippen LogP contribution is 2.18. The molecule has 1 fully saturated rings. The molecule has 1 aliphatic heterocycles. The first-order valence-electron chi connectivity index (χ1n) is 6.75. The Bertz CT molecular complexity index is 512. The summed E-state index contributed by atoms with van der Waals surface area (Å²) >= 11 is 3.32. The fourth-order valence-corrected chi connectivity index (χ4v) is 3.76. The molecule has 2 aromatic rings. The smallest absolute Gasteiger partial charge is 0.180 e. The summed E-state index contributed by atoms with van der Waals surface area (Å²) in [5.41, 5.74) is 6.87. The van der Waals surface area contributed by atoms with Crippen LogP contribution in [0.3, 0.4) is 0 Å². The number of piperazine rings is 1. The van der Waals surface area contributed by atoms with Crippen LogP contribution in [0.25, 0.3) is 0 Å². The Morgan fingerprint density at radius 3 is 2.38 bits per heavy atom. The van der Waals surface area contributed by atoms with Crippen molar-refractivity contribution in [2.45, 2.75) is 20.0 Å². The van der Waals surface area contributed by atoms with Crippen LogP contribution in [-0.2, 0) is 13.1 Å². The number of hydrogen-bond donors (Lipinski definition) is 1. The van der Waals surface area contributed by atoms with Crippen LogP contribution < -0.4 is 5.73 Å². The highest BCUT2D eigenvalue weighted by Gasteiger charge is 2.18. The molecule has 3 heterocycles. The van der Waals surface area contributed by atoms with Crippen molar-refractivity contribution in [1.29, 1.82) is 0 Å². The van der Waals surface area contributed by atoms with Gasteiger partial charge in [-0.05, 0) is 6.92 Å². The lowest BCUT2D eigenvalue weighted by atomic mass is 10.3. The topological polar surface area (TPSA) is 58.3 Å². The van der Waals surface area contributed by atoms with Crippen LogP contribution in [0.15, 0.2) is 11.6 Å². The minimum atomic E-state index is 0. The minimum Gasteiger partial charge on any atom is -0.375 e. The maximum Gasteiger partial charge on any atom is 0.180 e. The molecule has 0 radical (unpaired) electrons. The number of nitrogen functional groups attached to an aromatic ring is 1. The number of nitrogens with zero attached hydrogens (tertiary/aromatic N) is 4. The van der Waals surface area contributed by atoms with Crippen molar-refractivity contribution in [3.63, 3.8) is 0 Å². The summed E-state index contributed by atoms with van der Waals surface area (Å²) in [6.45, 7) is 8.41. The largest absolute Gasteiger partial charge is 0.375 e. The van der Waals surface area contributed by atoms with Gasteiger partial charge >= 0.3 is 0 Å². The predicted molar refractivity (Wildman–Crippen MR) is 91.2 cm³/mol. The van der Waals surface area contributed by atoms with Crippen LogP contribution in [-0.4, -0.2) is 45.9 Å². The molecule has 3 rings (SSSR count). The summed E-state index contributed by atoms with van der Waals surface area (Å²) in [5, 5.41) is 3.99. The van der Waals surface area contributed by atoms with Crippen LogP contribution in [0.4, 0.5) is 5.13 Å². The van der Waals surface area contributed by atoms with Gasteiger partial charge in [-0.3, -0.25) is 9.80 Å². The average molecular weight is 346 g/mol. The fraction of sp³-hybridized carbons (Fsp3) is 0.538. The van der Waals surface area contributed by atoms with Crippen molar-refractivity contribution in [3.8, 4) is 0 Å². The summed E-state index contributed by atoms with van der Waals surface area (Å²) in [5.74, 6) is 0. The van der Waals surface area contributed by atoms with Crippen molar-refractivity contribution < 1.29 is 0 Å². The van der Waals surface area contributed by atoms with E-state index in [9.17, 15) is 0 Å². The third-order valence-corrected chi connectivity index (χ3v) is 5.10. The lowest BCUT2D eigenvalue weighted by Crippen LogP contribution is -2.45. The molecule has 116 valence electrons. The fourth-order valence-electron chi connectivity index (χ4n) is 2.43. The molecule has 5 nitrogen and oxygen atoms in total. The van der Waals surface area contributed by atoms with Crippen LogP contribution in [0, 0.1) is 6.92 Å². The zero-order valence-electron chi connectivity index (χ0n) is 12.0. The SMILES string of the molecule is Cc1nc(CN2CCN(Cc3cnc(N)s3)CC2)cs1.Cl. The van der Waals surface area contributed by atoms with Gasteiger partial charge in [-0.1, -0.05) is 0 Å². The highest BCUT2D eigenvalue weighted by molar-refractivity contribution is 7.15. The van der Waals surface area contributed by atoms with Gasteiger partial charge in [0.15, 0.2) is 5.13 Å². The van der Waals surface area contributed by atoms with Crippen LogP contribution in [0.5, 0.6) is 0 Å². The van der Waals surface area contributed by atoms with Crippen molar-refractivity contribution in [1.82, 2.24) is 19.8 Å². The number of halogens is 1. The van der Waals surface area contributed by atoms with Gasteiger partial charge in [0.1, 0.15) is 0 Å². The molecule has 0 aliphatic carbocycles. The number of rotatable bonds is 4. The number of hydrogen-bond acceptors (Lipinski definition) is 7. The molecule has 0 aromatic carbocycles. The van der Waals surface area contributed by atoms with Crippen LogP contribution >= 0.6 is 35.1 Å². The molecule has 0 unspecified atom stereocenters. The molecule has 21 heavy (non-hydrogen) atoms. The zero-order chi connectivity index (χ0) is 13.9. The lowest BCUT2D eigenvalue weighted by molar-refractivity contribution is 0.122. The number of aromatic nitrogens is 2. The molecular weight excluding hydrogens is 326 g/mol. The zero-order valence-corrected chi connectivity index (χ0v) is 14.4. The Kier molecular flexibility index (Phi) is 5.95. The molecule has 2 aromatic heterocycles. The van der Waals surface area contributed by atoms with Crippen molar-refractivity contribution in [2.75, 3.05) is 31.9 Å². The van der Waals surface area contributed by atoms with Crippen molar-refractivity contribution >= 4 is 40.2 Å². The van der Waals surface area contributed by atoms with E-state index < -0.39 is 0 Å². The Labute approximate surface area is 139 Å². The number of anilines is 1. The molecule has 0 spiro atoms. The van der Waals surface area contributed by atoms with E-state index in [-0.39, 0.29) is 12.4 Å². The van der Waals surface area contributed by atoms with Gasteiger partial charge in [-0.15, -0.1) is 35.1 Å². The van der Waals surface area contributed by atoms with E-state index in [2.05, 4.69) is 32.1 Å². The molecule has 0 amide bonds. The van der Waals surface area contributed by atoms with Crippen LogP contribution in [0.2, 0.25) is 0 Å². The first kappa shape index (κ1) is 16.6. The van der Waals surface area contributed by atoms with E-state index >= 15 is 0 Å². The maximum absolute atomic E-state index is 5.67. The minimum absolute atomic E-state index is 0. The number of nitrogens with two attached hydrogens (primary N) is 1. The molecular formula is C13H20ClN5S2. The van der Waals surface area contributed by atoms with E-state index in [1.807, 2.05) is 6.20 Å². The van der Waals surface area contributed by atoms with E-state index in [4.69, 9.17) is 5.73 Å². The van der Waals surface area contributed by atoms with Gasteiger partial charge < -0.3 is 5.73 Å².